The van der Waals surface area contributed by atoms with Crippen LogP contribution in [0.4, 0.5) is 11.6 Å². The SMILES string of the molecule is CCCNc1ncnc(NCCn2cccn2)c1CCC. The normalized spacial score (nSPS) is 10.6. The summed E-state index contributed by atoms with van der Waals surface area (Å²) < 4.78 is 1.91. The summed E-state index contributed by atoms with van der Waals surface area (Å²) in [7, 11) is 0. The molecule has 0 aromatic carbocycles. The third-order valence-electron chi connectivity index (χ3n) is 3.18. The molecule has 0 spiro atoms. The second kappa shape index (κ2) is 8.24. The molecular formula is C15H24N6. The van der Waals surface area contributed by atoms with E-state index >= 15 is 0 Å². The quantitative estimate of drug-likeness (QED) is 0.742. The van der Waals surface area contributed by atoms with E-state index in [1.54, 1.807) is 12.5 Å². The topological polar surface area (TPSA) is 67.7 Å². The zero-order valence-corrected chi connectivity index (χ0v) is 12.8. The molecule has 0 saturated heterocycles. The Morgan fingerprint density at radius 1 is 1.05 bits per heavy atom. The van der Waals surface area contributed by atoms with Crippen LogP contribution in [0, 0.1) is 0 Å². The molecule has 0 aliphatic heterocycles. The molecule has 2 heterocycles. The minimum Gasteiger partial charge on any atom is -0.370 e. The Morgan fingerprint density at radius 3 is 2.43 bits per heavy atom. The van der Waals surface area contributed by atoms with Crippen LogP contribution in [0.2, 0.25) is 0 Å². The third-order valence-corrected chi connectivity index (χ3v) is 3.18. The van der Waals surface area contributed by atoms with Crippen molar-refractivity contribution in [3.8, 4) is 0 Å². The molecule has 2 aromatic heterocycles. The van der Waals surface area contributed by atoms with E-state index in [0.29, 0.717) is 0 Å². The molecule has 0 atom stereocenters. The van der Waals surface area contributed by atoms with E-state index < -0.39 is 0 Å². The van der Waals surface area contributed by atoms with Crippen LogP contribution in [0.1, 0.15) is 32.3 Å². The summed E-state index contributed by atoms with van der Waals surface area (Å²) in [6.45, 7) is 6.87. The lowest BCUT2D eigenvalue weighted by atomic mass is 10.1. The minimum atomic E-state index is 0.794. The molecule has 6 nitrogen and oxygen atoms in total. The lowest BCUT2D eigenvalue weighted by molar-refractivity contribution is 0.636. The smallest absolute Gasteiger partial charge is 0.134 e. The minimum absolute atomic E-state index is 0.794. The van der Waals surface area contributed by atoms with E-state index in [1.807, 2.05) is 16.9 Å². The molecule has 0 saturated carbocycles. The van der Waals surface area contributed by atoms with Gasteiger partial charge in [0.1, 0.15) is 18.0 Å². The summed E-state index contributed by atoms with van der Waals surface area (Å²) in [5.41, 5.74) is 1.17. The van der Waals surface area contributed by atoms with Crippen molar-refractivity contribution in [1.29, 1.82) is 0 Å². The highest BCUT2D eigenvalue weighted by molar-refractivity contribution is 5.57. The lowest BCUT2D eigenvalue weighted by Crippen LogP contribution is -2.15. The molecule has 0 aliphatic carbocycles. The first-order valence-electron chi connectivity index (χ1n) is 7.64. The standard InChI is InChI=1S/C15H24N6/c1-3-6-13-14(16-7-4-2)18-12-19-15(13)17-9-11-21-10-5-8-20-21/h5,8,10,12H,3-4,6-7,9,11H2,1-2H3,(H2,16,17,18,19). The molecule has 2 N–H and O–H groups in total. The molecular weight excluding hydrogens is 264 g/mol. The second-order valence-electron chi connectivity index (χ2n) is 4.92. The van der Waals surface area contributed by atoms with Gasteiger partial charge in [0, 0.05) is 31.0 Å². The van der Waals surface area contributed by atoms with Crippen LogP contribution >= 0.6 is 0 Å². The maximum absolute atomic E-state index is 4.39. The zero-order chi connectivity index (χ0) is 14.9. The van der Waals surface area contributed by atoms with Gasteiger partial charge in [0.2, 0.25) is 0 Å². The van der Waals surface area contributed by atoms with Gasteiger partial charge in [-0.25, -0.2) is 9.97 Å². The number of hydrogen-bond acceptors (Lipinski definition) is 5. The van der Waals surface area contributed by atoms with Gasteiger partial charge in [-0.15, -0.1) is 0 Å². The number of nitrogens with zero attached hydrogens (tertiary/aromatic N) is 4. The molecule has 21 heavy (non-hydrogen) atoms. The van der Waals surface area contributed by atoms with Gasteiger partial charge >= 0.3 is 0 Å². The van der Waals surface area contributed by atoms with Gasteiger partial charge < -0.3 is 10.6 Å². The van der Waals surface area contributed by atoms with Gasteiger partial charge in [0.15, 0.2) is 0 Å². The van der Waals surface area contributed by atoms with Gasteiger partial charge in [-0.1, -0.05) is 20.3 Å². The Balaban J connectivity index is 2.02. The molecule has 0 aliphatic rings. The van der Waals surface area contributed by atoms with Crippen molar-refractivity contribution in [3.63, 3.8) is 0 Å². The van der Waals surface area contributed by atoms with Gasteiger partial charge in [-0.3, -0.25) is 4.68 Å². The maximum Gasteiger partial charge on any atom is 0.134 e. The fourth-order valence-corrected chi connectivity index (χ4v) is 2.17. The van der Waals surface area contributed by atoms with Crippen LogP contribution in [0.15, 0.2) is 24.8 Å². The van der Waals surface area contributed by atoms with Crippen molar-refractivity contribution < 1.29 is 0 Å². The Kier molecular flexibility index (Phi) is 5.99. The van der Waals surface area contributed by atoms with E-state index in [2.05, 4.69) is 39.5 Å². The van der Waals surface area contributed by atoms with Crippen molar-refractivity contribution in [3.05, 3.63) is 30.4 Å². The first-order valence-corrected chi connectivity index (χ1v) is 7.64. The number of aromatic nitrogens is 4. The van der Waals surface area contributed by atoms with Crippen LogP contribution in [0.5, 0.6) is 0 Å². The molecule has 0 amide bonds. The lowest BCUT2D eigenvalue weighted by Gasteiger charge is -2.15. The monoisotopic (exact) mass is 288 g/mol. The molecule has 0 radical (unpaired) electrons. The third kappa shape index (κ3) is 4.44. The van der Waals surface area contributed by atoms with Crippen molar-refractivity contribution in [1.82, 2.24) is 19.7 Å². The summed E-state index contributed by atoms with van der Waals surface area (Å²) in [5, 5.41) is 11.0. The first-order chi connectivity index (χ1) is 10.3. The Labute approximate surface area is 126 Å². The number of hydrogen-bond donors (Lipinski definition) is 2. The van der Waals surface area contributed by atoms with Crippen molar-refractivity contribution in [2.75, 3.05) is 23.7 Å². The highest BCUT2D eigenvalue weighted by Crippen LogP contribution is 2.21. The van der Waals surface area contributed by atoms with Crippen LogP contribution in [0.3, 0.4) is 0 Å². The largest absolute Gasteiger partial charge is 0.370 e. The number of nitrogens with one attached hydrogen (secondary N) is 2. The second-order valence-corrected chi connectivity index (χ2v) is 4.92. The van der Waals surface area contributed by atoms with E-state index in [0.717, 1.165) is 50.5 Å². The van der Waals surface area contributed by atoms with E-state index in [-0.39, 0.29) is 0 Å². The zero-order valence-electron chi connectivity index (χ0n) is 12.8. The predicted octanol–water partition coefficient (Wildman–Crippen LogP) is 2.56. The first kappa shape index (κ1) is 15.3. The molecule has 114 valence electrons. The van der Waals surface area contributed by atoms with Crippen molar-refractivity contribution in [2.45, 2.75) is 39.7 Å². The summed E-state index contributed by atoms with van der Waals surface area (Å²) in [6.07, 6.45) is 8.49. The van der Waals surface area contributed by atoms with Crippen molar-refractivity contribution in [2.24, 2.45) is 0 Å². The molecule has 2 aromatic rings. The summed E-state index contributed by atoms with van der Waals surface area (Å²) in [6, 6.07) is 1.93. The van der Waals surface area contributed by atoms with Crippen molar-refractivity contribution >= 4 is 11.6 Å². The fourth-order valence-electron chi connectivity index (χ4n) is 2.17. The molecule has 0 bridgehead atoms. The van der Waals surface area contributed by atoms with Gasteiger partial charge in [-0.05, 0) is 18.9 Å². The Hall–Kier alpha value is -2.11. The van der Waals surface area contributed by atoms with Crippen LogP contribution < -0.4 is 10.6 Å². The average Bonchev–Trinajstić information content (AvgIpc) is 3.01. The molecule has 6 heteroatoms. The highest BCUT2D eigenvalue weighted by atomic mass is 15.3. The van der Waals surface area contributed by atoms with Gasteiger partial charge in [0.25, 0.3) is 0 Å². The molecule has 2 rings (SSSR count). The number of anilines is 2. The maximum atomic E-state index is 4.39. The Morgan fingerprint density at radius 2 is 1.81 bits per heavy atom. The Bertz CT molecular complexity index is 523. The van der Waals surface area contributed by atoms with E-state index in [4.69, 9.17) is 0 Å². The average molecular weight is 288 g/mol. The van der Waals surface area contributed by atoms with Crippen LogP contribution in [-0.4, -0.2) is 32.8 Å². The van der Waals surface area contributed by atoms with Crippen LogP contribution in [-0.2, 0) is 13.0 Å². The summed E-state index contributed by atoms with van der Waals surface area (Å²) in [5.74, 6) is 1.88. The molecule has 0 unspecified atom stereocenters. The van der Waals surface area contributed by atoms with Crippen LogP contribution in [0.25, 0.3) is 0 Å². The summed E-state index contributed by atoms with van der Waals surface area (Å²) >= 11 is 0. The fraction of sp³-hybridized carbons (Fsp3) is 0.533. The number of rotatable bonds is 9. The summed E-state index contributed by atoms with van der Waals surface area (Å²) in [4.78, 5) is 8.77. The predicted molar refractivity (Wildman–Crippen MR) is 85.5 cm³/mol. The van der Waals surface area contributed by atoms with E-state index in [9.17, 15) is 0 Å². The van der Waals surface area contributed by atoms with Gasteiger partial charge in [0.05, 0.1) is 6.54 Å². The molecule has 0 fully saturated rings. The van der Waals surface area contributed by atoms with Gasteiger partial charge in [-0.2, -0.15) is 5.10 Å². The van der Waals surface area contributed by atoms with E-state index in [1.165, 1.54) is 5.56 Å². The highest BCUT2D eigenvalue weighted by Gasteiger charge is 2.10.